The summed E-state index contributed by atoms with van der Waals surface area (Å²) < 4.78 is 28.8. The largest absolute Gasteiger partial charge is 0.377 e. The Balaban J connectivity index is 2.13. The highest BCUT2D eigenvalue weighted by Crippen LogP contribution is 2.23. The second-order valence-electron chi connectivity index (χ2n) is 3.74. The van der Waals surface area contributed by atoms with Gasteiger partial charge in [-0.1, -0.05) is 0 Å². The number of hydrogen-bond acceptors (Lipinski definition) is 2. The predicted octanol–water partition coefficient (Wildman–Crippen LogP) is 3.56. The third kappa shape index (κ3) is 2.69. The molecule has 0 fully saturated rings. The lowest BCUT2D eigenvalue weighted by atomic mass is 10.3. The number of aryl methyl sites for hydroxylation is 1. The van der Waals surface area contributed by atoms with Crippen LogP contribution in [0.5, 0.6) is 0 Å². The molecule has 0 atom stereocenters. The van der Waals surface area contributed by atoms with Crippen molar-refractivity contribution in [1.82, 2.24) is 9.78 Å². The first kappa shape index (κ1) is 13.0. The Bertz CT molecular complexity index is 554. The van der Waals surface area contributed by atoms with Gasteiger partial charge in [0.15, 0.2) is 0 Å². The normalized spacial score (nSPS) is 10.7. The van der Waals surface area contributed by atoms with E-state index in [4.69, 9.17) is 0 Å². The average Bonchev–Trinajstić information content (AvgIpc) is 2.79. The van der Waals surface area contributed by atoms with Crippen molar-refractivity contribution in [2.24, 2.45) is 0 Å². The third-order valence-corrected chi connectivity index (χ3v) is 3.18. The first-order valence-electron chi connectivity index (χ1n) is 5.51. The molecule has 3 nitrogen and oxygen atoms in total. The number of aromatic nitrogens is 2. The van der Waals surface area contributed by atoms with Crippen LogP contribution in [0, 0.1) is 11.6 Å². The second-order valence-corrected chi connectivity index (χ2v) is 4.59. The molecule has 0 saturated heterocycles. The second kappa shape index (κ2) is 5.48. The fourth-order valence-corrected chi connectivity index (χ4v) is 1.95. The molecule has 18 heavy (non-hydrogen) atoms. The van der Waals surface area contributed by atoms with Gasteiger partial charge in [0.05, 0.1) is 22.4 Å². The van der Waals surface area contributed by atoms with Crippen molar-refractivity contribution < 1.29 is 8.78 Å². The fraction of sp³-hybridized carbons (Fsp3) is 0.250. The molecule has 2 rings (SSSR count). The molecule has 1 aromatic heterocycles. The molecule has 0 aliphatic rings. The summed E-state index contributed by atoms with van der Waals surface area (Å²) in [6, 6.07) is 4.07. The Labute approximate surface area is 112 Å². The van der Waals surface area contributed by atoms with Gasteiger partial charge in [0, 0.05) is 18.8 Å². The Kier molecular flexibility index (Phi) is 3.96. The summed E-state index contributed by atoms with van der Waals surface area (Å²) >= 11 is 2.94. The van der Waals surface area contributed by atoms with Crippen LogP contribution < -0.4 is 5.32 Å². The van der Waals surface area contributed by atoms with Gasteiger partial charge in [-0.2, -0.15) is 5.10 Å². The minimum Gasteiger partial charge on any atom is -0.377 e. The van der Waals surface area contributed by atoms with Gasteiger partial charge in [-0.15, -0.1) is 0 Å². The molecule has 6 heteroatoms. The van der Waals surface area contributed by atoms with E-state index in [2.05, 4.69) is 26.3 Å². The molecule has 0 aliphatic carbocycles. The maximum absolute atomic E-state index is 13.6. The Morgan fingerprint density at radius 1 is 1.33 bits per heavy atom. The van der Waals surface area contributed by atoms with Crippen LogP contribution in [0.2, 0.25) is 0 Å². The van der Waals surface area contributed by atoms with E-state index in [1.165, 1.54) is 0 Å². The lowest BCUT2D eigenvalue weighted by Crippen LogP contribution is -2.08. The van der Waals surface area contributed by atoms with Crippen molar-refractivity contribution in [3.8, 4) is 0 Å². The van der Waals surface area contributed by atoms with Crippen LogP contribution in [0.1, 0.15) is 12.6 Å². The Hall–Kier alpha value is -1.43. The highest BCUT2D eigenvalue weighted by molar-refractivity contribution is 9.10. The topological polar surface area (TPSA) is 29.9 Å². The first-order chi connectivity index (χ1) is 8.61. The molecular weight excluding hydrogens is 304 g/mol. The summed E-state index contributed by atoms with van der Waals surface area (Å²) in [6.07, 6.45) is 1.68. The van der Waals surface area contributed by atoms with Crippen molar-refractivity contribution in [3.05, 3.63) is 46.2 Å². The fourth-order valence-electron chi connectivity index (χ4n) is 1.64. The molecule has 0 amide bonds. The van der Waals surface area contributed by atoms with E-state index in [1.807, 2.05) is 13.0 Å². The zero-order chi connectivity index (χ0) is 13.1. The number of nitrogens with one attached hydrogen (secondary N) is 1. The van der Waals surface area contributed by atoms with Gasteiger partial charge in [0.1, 0.15) is 11.6 Å². The van der Waals surface area contributed by atoms with Crippen LogP contribution in [-0.4, -0.2) is 9.78 Å². The maximum atomic E-state index is 13.6. The van der Waals surface area contributed by atoms with Crippen molar-refractivity contribution >= 4 is 21.6 Å². The molecule has 1 N–H and O–H groups in total. The highest BCUT2D eigenvalue weighted by atomic mass is 79.9. The SMILES string of the molecule is CCn1nccc1CNc1cc(F)c(Br)cc1F. The number of anilines is 1. The minimum absolute atomic E-state index is 0.115. The van der Waals surface area contributed by atoms with Crippen LogP contribution in [0.4, 0.5) is 14.5 Å². The van der Waals surface area contributed by atoms with Crippen LogP contribution in [0.25, 0.3) is 0 Å². The smallest absolute Gasteiger partial charge is 0.147 e. The summed E-state index contributed by atoms with van der Waals surface area (Å²) in [5.41, 5.74) is 1.06. The minimum atomic E-state index is -0.497. The molecule has 1 aromatic carbocycles. The summed E-state index contributed by atoms with van der Waals surface area (Å²) in [7, 11) is 0. The molecule has 0 aliphatic heterocycles. The standard InChI is InChI=1S/C12H12BrF2N3/c1-2-18-8(3-4-17-18)7-16-12-6-10(14)9(13)5-11(12)15/h3-6,16H,2,7H2,1H3. The molecule has 0 unspecified atom stereocenters. The lowest BCUT2D eigenvalue weighted by molar-refractivity contribution is 0.594. The van der Waals surface area contributed by atoms with Crippen LogP contribution in [0.15, 0.2) is 28.9 Å². The van der Waals surface area contributed by atoms with Crippen LogP contribution >= 0.6 is 15.9 Å². The highest BCUT2D eigenvalue weighted by Gasteiger charge is 2.08. The van der Waals surface area contributed by atoms with Crippen LogP contribution in [-0.2, 0) is 13.1 Å². The van der Waals surface area contributed by atoms with E-state index in [1.54, 1.807) is 10.9 Å². The zero-order valence-corrected chi connectivity index (χ0v) is 11.3. The van der Waals surface area contributed by atoms with Gasteiger partial charge < -0.3 is 5.32 Å². The first-order valence-corrected chi connectivity index (χ1v) is 6.30. The number of halogens is 3. The van der Waals surface area contributed by atoms with Crippen LogP contribution in [0.3, 0.4) is 0 Å². The van der Waals surface area contributed by atoms with Gasteiger partial charge in [0.25, 0.3) is 0 Å². The number of rotatable bonds is 4. The molecule has 2 aromatic rings. The number of hydrogen-bond donors (Lipinski definition) is 1. The zero-order valence-electron chi connectivity index (χ0n) is 9.75. The third-order valence-electron chi connectivity index (χ3n) is 2.57. The van der Waals surface area contributed by atoms with Gasteiger partial charge in [-0.05, 0) is 35.0 Å². The average molecular weight is 316 g/mol. The molecular formula is C12H12BrF2N3. The van der Waals surface area contributed by atoms with E-state index in [0.717, 1.165) is 24.4 Å². The molecule has 0 saturated carbocycles. The maximum Gasteiger partial charge on any atom is 0.147 e. The Morgan fingerprint density at radius 3 is 2.83 bits per heavy atom. The molecule has 1 heterocycles. The monoisotopic (exact) mass is 315 g/mol. The van der Waals surface area contributed by atoms with E-state index in [-0.39, 0.29) is 10.2 Å². The van der Waals surface area contributed by atoms with E-state index >= 15 is 0 Å². The molecule has 96 valence electrons. The summed E-state index contributed by atoms with van der Waals surface area (Å²) in [6.45, 7) is 3.10. The van der Waals surface area contributed by atoms with E-state index < -0.39 is 11.6 Å². The molecule has 0 spiro atoms. The lowest BCUT2D eigenvalue weighted by Gasteiger charge is -2.09. The number of nitrogens with zero attached hydrogens (tertiary/aromatic N) is 2. The van der Waals surface area contributed by atoms with Gasteiger partial charge in [-0.25, -0.2) is 8.78 Å². The van der Waals surface area contributed by atoms with E-state index in [9.17, 15) is 8.78 Å². The molecule has 0 radical (unpaired) electrons. The molecule has 0 bridgehead atoms. The Morgan fingerprint density at radius 2 is 2.11 bits per heavy atom. The van der Waals surface area contributed by atoms with Crippen molar-refractivity contribution in [3.63, 3.8) is 0 Å². The van der Waals surface area contributed by atoms with Gasteiger partial charge in [-0.3, -0.25) is 4.68 Å². The quantitative estimate of drug-likeness (QED) is 0.874. The van der Waals surface area contributed by atoms with Gasteiger partial charge >= 0.3 is 0 Å². The van der Waals surface area contributed by atoms with Crippen molar-refractivity contribution in [2.75, 3.05) is 5.32 Å². The van der Waals surface area contributed by atoms with Crippen molar-refractivity contribution in [1.29, 1.82) is 0 Å². The predicted molar refractivity (Wildman–Crippen MR) is 69.3 cm³/mol. The summed E-state index contributed by atoms with van der Waals surface area (Å²) in [5.74, 6) is -0.992. The van der Waals surface area contributed by atoms with E-state index in [0.29, 0.717) is 6.54 Å². The number of benzene rings is 1. The summed E-state index contributed by atoms with van der Waals surface area (Å²) in [4.78, 5) is 0. The van der Waals surface area contributed by atoms with Gasteiger partial charge in [0.2, 0.25) is 0 Å². The summed E-state index contributed by atoms with van der Waals surface area (Å²) in [5, 5.41) is 6.96. The van der Waals surface area contributed by atoms with Crippen molar-refractivity contribution in [2.45, 2.75) is 20.0 Å².